The number of aromatic nitrogens is 2. The molecule has 3 rings (SSSR count). The van der Waals surface area contributed by atoms with Crippen molar-refractivity contribution in [3.05, 3.63) is 64.6 Å². The molecule has 0 aliphatic carbocycles. The number of halogens is 4. The van der Waals surface area contributed by atoms with Crippen molar-refractivity contribution in [2.75, 3.05) is 28.7 Å². The Bertz CT molecular complexity index is 1340. The third kappa shape index (κ3) is 6.02. The van der Waals surface area contributed by atoms with Gasteiger partial charge in [0.25, 0.3) is 5.91 Å². The second kappa shape index (κ2) is 9.50. The Morgan fingerprint density at radius 1 is 0.970 bits per heavy atom. The minimum atomic E-state index is -3.83. The van der Waals surface area contributed by atoms with Gasteiger partial charge in [-0.1, -0.05) is 11.6 Å². The lowest BCUT2D eigenvalue weighted by Gasteiger charge is -2.15. The van der Waals surface area contributed by atoms with E-state index >= 15 is 0 Å². The molecule has 33 heavy (non-hydrogen) atoms. The molecule has 0 saturated carbocycles. The Hall–Kier alpha value is -3.58. The largest absolute Gasteiger partial charge is 0.355 e. The van der Waals surface area contributed by atoms with E-state index in [-0.39, 0.29) is 39.4 Å². The minimum absolute atomic E-state index is 0.0600. The summed E-state index contributed by atoms with van der Waals surface area (Å²) in [5, 5.41) is 7.54. The molecular weight excluding hydrogens is 485 g/mol. The Morgan fingerprint density at radius 2 is 1.64 bits per heavy atom. The van der Waals surface area contributed by atoms with Crippen LogP contribution in [0.2, 0.25) is 5.02 Å². The number of nitrogens with one attached hydrogen (secondary N) is 4. The summed E-state index contributed by atoms with van der Waals surface area (Å²) in [7, 11) is -2.41. The van der Waals surface area contributed by atoms with Crippen LogP contribution in [0.4, 0.5) is 42.0 Å². The first-order valence-corrected chi connectivity index (χ1v) is 11.3. The summed E-state index contributed by atoms with van der Waals surface area (Å²) in [5.41, 5.74) is -0.438. The van der Waals surface area contributed by atoms with E-state index in [9.17, 15) is 26.4 Å². The highest BCUT2D eigenvalue weighted by atomic mass is 35.5. The summed E-state index contributed by atoms with van der Waals surface area (Å²) in [5.74, 6) is -3.96. The van der Waals surface area contributed by atoms with Gasteiger partial charge in [-0.05, 0) is 18.2 Å². The number of carbonyl (C=O) groups is 1. The van der Waals surface area contributed by atoms with E-state index in [1.54, 1.807) is 0 Å². The molecule has 14 heteroatoms. The second-order valence-corrected chi connectivity index (χ2v) is 8.76. The molecule has 0 aliphatic heterocycles. The summed E-state index contributed by atoms with van der Waals surface area (Å²) in [6.07, 6.45) is 1.97. The fourth-order valence-corrected chi connectivity index (χ4v) is 3.31. The minimum Gasteiger partial charge on any atom is -0.355 e. The van der Waals surface area contributed by atoms with Gasteiger partial charge in [0, 0.05) is 24.7 Å². The Labute approximate surface area is 191 Å². The van der Waals surface area contributed by atoms with Gasteiger partial charge in [-0.2, -0.15) is 4.98 Å². The molecule has 0 spiro atoms. The van der Waals surface area contributed by atoms with E-state index in [0.29, 0.717) is 12.1 Å². The predicted molar refractivity (Wildman–Crippen MR) is 118 cm³/mol. The van der Waals surface area contributed by atoms with Gasteiger partial charge in [-0.3, -0.25) is 9.52 Å². The lowest BCUT2D eigenvalue weighted by atomic mass is 10.2. The Balaban J connectivity index is 1.96. The molecule has 174 valence electrons. The smallest absolute Gasteiger partial charge is 0.251 e. The van der Waals surface area contributed by atoms with Gasteiger partial charge >= 0.3 is 0 Å². The van der Waals surface area contributed by atoms with Crippen LogP contribution >= 0.6 is 11.6 Å². The summed E-state index contributed by atoms with van der Waals surface area (Å²) in [6.45, 7) is 0. The van der Waals surface area contributed by atoms with E-state index in [1.807, 2.05) is 0 Å². The van der Waals surface area contributed by atoms with Crippen LogP contribution in [-0.2, 0) is 10.0 Å². The second-order valence-electron chi connectivity index (χ2n) is 6.60. The third-order valence-electron chi connectivity index (χ3n) is 4.06. The molecule has 3 aromatic rings. The van der Waals surface area contributed by atoms with E-state index in [0.717, 1.165) is 18.5 Å². The summed E-state index contributed by atoms with van der Waals surface area (Å²) in [4.78, 5) is 19.8. The van der Waals surface area contributed by atoms with Crippen LogP contribution < -0.4 is 20.7 Å². The maximum absolute atomic E-state index is 14.2. The molecule has 4 N–H and O–H groups in total. The number of hydrogen-bond donors (Lipinski definition) is 4. The predicted octanol–water partition coefficient (Wildman–Crippen LogP) is 3.77. The zero-order valence-corrected chi connectivity index (χ0v) is 18.6. The van der Waals surface area contributed by atoms with Gasteiger partial charge < -0.3 is 16.0 Å². The van der Waals surface area contributed by atoms with Crippen molar-refractivity contribution >= 4 is 56.4 Å². The summed E-state index contributed by atoms with van der Waals surface area (Å²) in [6, 6.07) is 4.96. The van der Waals surface area contributed by atoms with Gasteiger partial charge in [0.05, 0.1) is 29.5 Å². The van der Waals surface area contributed by atoms with Crippen molar-refractivity contribution < 1.29 is 26.4 Å². The molecule has 2 aromatic carbocycles. The van der Waals surface area contributed by atoms with Gasteiger partial charge in [-0.25, -0.2) is 26.6 Å². The highest BCUT2D eigenvalue weighted by molar-refractivity contribution is 7.92. The van der Waals surface area contributed by atoms with Crippen LogP contribution in [-0.4, -0.2) is 37.6 Å². The summed E-state index contributed by atoms with van der Waals surface area (Å²) >= 11 is 6.07. The highest BCUT2D eigenvalue weighted by Crippen LogP contribution is 2.32. The first-order valence-electron chi connectivity index (χ1n) is 9.02. The quantitative estimate of drug-likeness (QED) is 0.389. The van der Waals surface area contributed by atoms with Crippen molar-refractivity contribution in [1.29, 1.82) is 0 Å². The normalized spacial score (nSPS) is 11.1. The molecule has 0 atom stereocenters. The van der Waals surface area contributed by atoms with Crippen LogP contribution in [0.1, 0.15) is 10.4 Å². The maximum Gasteiger partial charge on any atom is 0.251 e. The van der Waals surface area contributed by atoms with Crippen molar-refractivity contribution in [3.63, 3.8) is 0 Å². The monoisotopic (exact) mass is 500 g/mol. The van der Waals surface area contributed by atoms with Crippen LogP contribution in [0, 0.1) is 17.5 Å². The van der Waals surface area contributed by atoms with Gasteiger partial charge in [0.15, 0.2) is 17.5 Å². The molecule has 1 amide bonds. The zero-order chi connectivity index (χ0) is 24.3. The van der Waals surface area contributed by atoms with Gasteiger partial charge in [0.1, 0.15) is 10.8 Å². The lowest BCUT2D eigenvalue weighted by molar-refractivity contribution is 0.0963. The first kappa shape index (κ1) is 24.1. The number of benzene rings is 2. The van der Waals surface area contributed by atoms with Crippen molar-refractivity contribution in [1.82, 2.24) is 15.3 Å². The van der Waals surface area contributed by atoms with Gasteiger partial charge in [-0.15, -0.1) is 0 Å². The molecule has 0 fully saturated rings. The highest BCUT2D eigenvalue weighted by Gasteiger charge is 2.16. The number of hydrogen-bond acceptors (Lipinski definition) is 7. The molecule has 1 aromatic heterocycles. The van der Waals surface area contributed by atoms with Crippen molar-refractivity contribution in [2.45, 2.75) is 0 Å². The topological polar surface area (TPSA) is 125 Å². The van der Waals surface area contributed by atoms with Crippen LogP contribution in [0.3, 0.4) is 0 Å². The number of nitrogens with zero attached hydrogens (tertiary/aromatic N) is 2. The third-order valence-corrected chi connectivity index (χ3v) is 4.92. The fourth-order valence-electron chi connectivity index (χ4n) is 2.60. The fraction of sp³-hybridized carbons (Fsp3) is 0.105. The van der Waals surface area contributed by atoms with Crippen LogP contribution in [0.5, 0.6) is 0 Å². The number of sulfonamides is 1. The zero-order valence-electron chi connectivity index (χ0n) is 17.0. The molecule has 0 saturated heterocycles. The van der Waals surface area contributed by atoms with E-state index < -0.39 is 33.4 Å². The molecule has 0 aliphatic rings. The number of anilines is 5. The number of amides is 1. The van der Waals surface area contributed by atoms with Crippen molar-refractivity contribution in [2.24, 2.45) is 0 Å². The Kier molecular flexibility index (Phi) is 6.93. The number of carbonyl (C=O) groups excluding carboxylic acids is 1. The molecular formula is C19H16ClF3N6O3S. The number of rotatable bonds is 7. The average Bonchev–Trinajstić information content (AvgIpc) is 2.74. The van der Waals surface area contributed by atoms with Gasteiger partial charge in [0.2, 0.25) is 16.0 Å². The van der Waals surface area contributed by atoms with Crippen LogP contribution in [0.15, 0.2) is 36.5 Å². The molecule has 0 bridgehead atoms. The van der Waals surface area contributed by atoms with E-state index in [4.69, 9.17) is 11.6 Å². The maximum atomic E-state index is 14.2. The molecule has 0 unspecified atom stereocenters. The summed E-state index contributed by atoms with van der Waals surface area (Å²) < 4.78 is 66.9. The molecule has 9 nitrogen and oxygen atoms in total. The van der Waals surface area contributed by atoms with E-state index in [2.05, 4.69) is 30.6 Å². The standard InChI is InChI=1S/C19H16ClF3N6O3S/c1-24-18(30)9-3-4-11(21)14(5-9)27-19-25-8-10(20)17(28-19)26-15-6-12(22)13(23)7-16(15)29-33(2,31)32/h3-8,29H,1-2H3,(H,24,30)(H2,25,26,27,28). The first-order chi connectivity index (χ1) is 15.5. The van der Waals surface area contributed by atoms with E-state index in [1.165, 1.54) is 19.2 Å². The Morgan fingerprint density at radius 3 is 2.27 bits per heavy atom. The molecule has 0 radical (unpaired) electrons. The van der Waals surface area contributed by atoms with Crippen LogP contribution in [0.25, 0.3) is 0 Å². The van der Waals surface area contributed by atoms with Crippen molar-refractivity contribution in [3.8, 4) is 0 Å². The average molecular weight is 501 g/mol. The lowest BCUT2D eigenvalue weighted by Crippen LogP contribution is -2.18. The SMILES string of the molecule is CNC(=O)c1ccc(F)c(Nc2ncc(Cl)c(Nc3cc(F)c(F)cc3NS(C)(=O)=O)n2)c1. The molecule has 1 heterocycles.